The van der Waals surface area contributed by atoms with Gasteiger partial charge in [0.25, 0.3) is 0 Å². The smallest absolute Gasteiger partial charge is 0.0824 e. The van der Waals surface area contributed by atoms with Crippen LogP contribution in [0.15, 0.2) is 24.3 Å². The van der Waals surface area contributed by atoms with Crippen LogP contribution in [0.25, 0.3) is 0 Å². The summed E-state index contributed by atoms with van der Waals surface area (Å²) in [6.07, 6.45) is 4.05. The van der Waals surface area contributed by atoms with Gasteiger partial charge in [-0.3, -0.25) is 0 Å². The number of ether oxygens (including phenoxy) is 1. The summed E-state index contributed by atoms with van der Waals surface area (Å²) in [5.74, 6) is 0.617. The van der Waals surface area contributed by atoms with Crippen LogP contribution in [-0.4, -0.2) is 6.61 Å². The third-order valence-electron chi connectivity index (χ3n) is 3.15. The highest BCUT2D eigenvalue weighted by atomic mass is 16.5. The minimum atomic E-state index is 0.347. The molecule has 0 aliphatic carbocycles. The topological polar surface area (TPSA) is 9.23 Å². The molecule has 0 aromatic heterocycles. The van der Waals surface area contributed by atoms with Crippen LogP contribution in [-0.2, 0) is 4.74 Å². The zero-order valence-corrected chi connectivity index (χ0v) is 9.70. The molecule has 0 saturated carbocycles. The van der Waals surface area contributed by atoms with Gasteiger partial charge in [0, 0.05) is 6.61 Å². The first-order valence-corrected chi connectivity index (χ1v) is 5.99. The second kappa shape index (κ2) is 4.80. The molecule has 1 fully saturated rings. The van der Waals surface area contributed by atoms with Crippen LogP contribution >= 0.6 is 0 Å². The first-order valence-electron chi connectivity index (χ1n) is 5.99. The maximum Gasteiger partial charge on any atom is 0.0824 e. The summed E-state index contributed by atoms with van der Waals surface area (Å²) in [7, 11) is 0. The van der Waals surface area contributed by atoms with Gasteiger partial charge in [-0.15, -0.1) is 0 Å². The molecule has 82 valence electrons. The van der Waals surface area contributed by atoms with Crippen LogP contribution in [0.2, 0.25) is 0 Å². The van der Waals surface area contributed by atoms with Gasteiger partial charge in [0.2, 0.25) is 0 Å². The summed E-state index contributed by atoms with van der Waals surface area (Å²) in [5, 5.41) is 0. The largest absolute Gasteiger partial charge is 0.374 e. The van der Waals surface area contributed by atoms with Gasteiger partial charge < -0.3 is 4.74 Å². The van der Waals surface area contributed by atoms with Crippen molar-refractivity contribution in [3.05, 3.63) is 35.4 Å². The molecule has 1 atom stereocenters. The van der Waals surface area contributed by atoms with E-state index in [1.807, 2.05) is 0 Å². The molecule has 0 spiro atoms. The Bertz CT molecular complexity index is 294. The maximum atomic E-state index is 5.76. The van der Waals surface area contributed by atoms with Crippen molar-refractivity contribution in [2.45, 2.75) is 45.1 Å². The summed E-state index contributed by atoms with van der Waals surface area (Å²) in [6, 6.07) is 8.92. The monoisotopic (exact) mass is 204 g/mol. The van der Waals surface area contributed by atoms with E-state index in [-0.39, 0.29) is 0 Å². The molecule has 1 saturated heterocycles. The Morgan fingerprint density at radius 1 is 1.13 bits per heavy atom. The van der Waals surface area contributed by atoms with Crippen molar-refractivity contribution >= 4 is 0 Å². The van der Waals surface area contributed by atoms with Gasteiger partial charge >= 0.3 is 0 Å². The fraction of sp³-hybridized carbons (Fsp3) is 0.571. The molecule has 15 heavy (non-hydrogen) atoms. The quantitative estimate of drug-likeness (QED) is 0.706. The maximum absolute atomic E-state index is 5.76. The molecule has 0 amide bonds. The fourth-order valence-electron chi connectivity index (χ4n) is 2.10. The van der Waals surface area contributed by atoms with Crippen LogP contribution in [0.4, 0.5) is 0 Å². The Balaban J connectivity index is 2.08. The van der Waals surface area contributed by atoms with Crippen LogP contribution < -0.4 is 0 Å². The summed E-state index contributed by atoms with van der Waals surface area (Å²) in [6.45, 7) is 5.38. The van der Waals surface area contributed by atoms with Crippen LogP contribution in [0.5, 0.6) is 0 Å². The normalized spacial score (nSPS) is 21.9. The number of hydrogen-bond donors (Lipinski definition) is 0. The molecule has 0 bridgehead atoms. The predicted octanol–water partition coefficient (Wildman–Crippen LogP) is 4.05. The van der Waals surface area contributed by atoms with Gasteiger partial charge in [0.1, 0.15) is 0 Å². The van der Waals surface area contributed by atoms with Crippen LogP contribution in [0, 0.1) is 0 Å². The lowest BCUT2D eigenvalue weighted by Gasteiger charge is -2.23. The zero-order chi connectivity index (χ0) is 10.7. The Kier molecular flexibility index (Phi) is 3.42. The number of rotatable bonds is 2. The summed E-state index contributed by atoms with van der Waals surface area (Å²) in [4.78, 5) is 0. The average molecular weight is 204 g/mol. The van der Waals surface area contributed by atoms with E-state index in [0.29, 0.717) is 12.0 Å². The van der Waals surface area contributed by atoms with Gasteiger partial charge in [-0.1, -0.05) is 38.1 Å². The lowest BCUT2D eigenvalue weighted by Crippen LogP contribution is -2.11. The van der Waals surface area contributed by atoms with E-state index in [9.17, 15) is 0 Å². The Morgan fingerprint density at radius 3 is 2.40 bits per heavy atom. The molecule has 1 aromatic carbocycles. The van der Waals surface area contributed by atoms with Gasteiger partial charge in [-0.05, 0) is 36.3 Å². The Labute approximate surface area is 92.5 Å². The minimum Gasteiger partial charge on any atom is -0.374 e. The zero-order valence-electron chi connectivity index (χ0n) is 9.70. The van der Waals surface area contributed by atoms with E-state index in [4.69, 9.17) is 4.74 Å². The van der Waals surface area contributed by atoms with Gasteiger partial charge in [-0.2, -0.15) is 0 Å². The average Bonchev–Trinajstić information content (AvgIpc) is 2.30. The SMILES string of the molecule is CC(C)c1ccc(C2CCCCO2)cc1. The van der Waals surface area contributed by atoms with Crippen LogP contribution in [0.1, 0.15) is 56.3 Å². The van der Waals surface area contributed by atoms with Gasteiger partial charge in [0.05, 0.1) is 6.10 Å². The molecule has 1 heteroatoms. The molecule has 0 radical (unpaired) electrons. The fourth-order valence-corrected chi connectivity index (χ4v) is 2.10. The van der Waals surface area contributed by atoms with Crippen molar-refractivity contribution < 1.29 is 4.74 Å². The van der Waals surface area contributed by atoms with Gasteiger partial charge in [-0.25, -0.2) is 0 Å². The Hall–Kier alpha value is -0.820. The van der Waals surface area contributed by atoms with E-state index in [2.05, 4.69) is 38.1 Å². The second-order valence-electron chi connectivity index (χ2n) is 4.68. The van der Waals surface area contributed by atoms with Crippen molar-refractivity contribution in [2.75, 3.05) is 6.61 Å². The third-order valence-corrected chi connectivity index (χ3v) is 3.15. The molecule has 1 heterocycles. The predicted molar refractivity (Wildman–Crippen MR) is 63.1 cm³/mol. The van der Waals surface area contributed by atoms with E-state index in [0.717, 1.165) is 6.61 Å². The molecule has 0 N–H and O–H groups in total. The molecular formula is C14H20O. The highest BCUT2D eigenvalue weighted by Crippen LogP contribution is 2.28. The first kappa shape index (κ1) is 10.7. The lowest BCUT2D eigenvalue weighted by molar-refractivity contribution is 0.0149. The van der Waals surface area contributed by atoms with Crippen molar-refractivity contribution in [3.63, 3.8) is 0 Å². The van der Waals surface area contributed by atoms with E-state index in [1.165, 1.54) is 30.4 Å². The Morgan fingerprint density at radius 2 is 1.87 bits per heavy atom. The molecule has 2 rings (SSSR count). The molecular weight excluding hydrogens is 184 g/mol. The highest BCUT2D eigenvalue weighted by Gasteiger charge is 2.15. The van der Waals surface area contributed by atoms with E-state index < -0.39 is 0 Å². The van der Waals surface area contributed by atoms with E-state index >= 15 is 0 Å². The van der Waals surface area contributed by atoms with Crippen molar-refractivity contribution in [3.8, 4) is 0 Å². The second-order valence-corrected chi connectivity index (χ2v) is 4.68. The van der Waals surface area contributed by atoms with Crippen molar-refractivity contribution in [2.24, 2.45) is 0 Å². The number of hydrogen-bond acceptors (Lipinski definition) is 1. The highest BCUT2D eigenvalue weighted by molar-refractivity contribution is 5.26. The number of benzene rings is 1. The van der Waals surface area contributed by atoms with Crippen LogP contribution in [0.3, 0.4) is 0 Å². The lowest BCUT2D eigenvalue weighted by atomic mass is 9.97. The summed E-state index contributed by atoms with van der Waals surface area (Å²) >= 11 is 0. The minimum absolute atomic E-state index is 0.347. The van der Waals surface area contributed by atoms with Crippen molar-refractivity contribution in [1.29, 1.82) is 0 Å². The molecule has 1 aromatic rings. The standard InChI is InChI=1S/C14H20O/c1-11(2)12-6-8-13(9-7-12)14-5-3-4-10-15-14/h6-9,11,14H,3-5,10H2,1-2H3. The molecule has 1 aliphatic rings. The summed E-state index contributed by atoms with van der Waals surface area (Å²) in [5.41, 5.74) is 2.76. The first-order chi connectivity index (χ1) is 7.27. The van der Waals surface area contributed by atoms with Crippen molar-refractivity contribution in [1.82, 2.24) is 0 Å². The van der Waals surface area contributed by atoms with E-state index in [1.54, 1.807) is 0 Å². The summed E-state index contributed by atoms with van der Waals surface area (Å²) < 4.78 is 5.76. The molecule has 1 nitrogen and oxygen atoms in total. The van der Waals surface area contributed by atoms with Gasteiger partial charge in [0.15, 0.2) is 0 Å². The molecule has 1 unspecified atom stereocenters. The third kappa shape index (κ3) is 2.60. The molecule has 1 aliphatic heterocycles.